The average molecular weight is 294 g/mol. The Labute approximate surface area is 117 Å². The smallest absolute Gasteiger partial charge is 0.341 e. The van der Waals surface area contributed by atoms with Crippen molar-refractivity contribution in [2.24, 2.45) is 4.99 Å². The Morgan fingerprint density at radius 3 is 2.70 bits per heavy atom. The fourth-order valence-electron chi connectivity index (χ4n) is 1.78. The van der Waals surface area contributed by atoms with E-state index in [9.17, 15) is 13.2 Å². The van der Waals surface area contributed by atoms with Gasteiger partial charge in [0, 0.05) is 7.05 Å². The van der Waals surface area contributed by atoms with Crippen molar-refractivity contribution in [3.63, 3.8) is 0 Å². The maximum atomic E-state index is 12.4. The third-order valence-electron chi connectivity index (χ3n) is 2.82. The molecule has 0 radical (unpaired) electrons. The van der Waals surface area contributed by atoms with Crippen LogP contribution >= 0.6 is 0 Å². The maximum Gasteiger partial charge on any atom is 0.341 e. The van der Waals surface area contributed by atoms with Crippen molar-refractivity contribution in [1.29, 1.82) is 0 Å². The summed E-state index contributed by atoms with van der Waals surface area (Å²) in [5, 5.41) is 0. The zero-order valence-electron chi connectivity index (χ0n) is 11.2. The summed E-state index contributed by atoms with van der Waals surface area (Å²) in [5.41, 5.74) is 0.193. The molecule has 0 unspecified atom stereocenters. The highest BCUT2D eigenvalue weighted by molar-refractivity contribution is 7.90. The van der Waals surface area contributed by atoms with E-state index in [0.717, 1.165) is 4.31 Å². The summed E-state index contributed by atoms with van der Waals surface area (Å²) in [5.74, 6) is -0.713. The van der Waals surface area contributed by atoms with E-state index < -0.39 is 16.0 Å². The Kier molecular flexibility index (Phi) is 3.63. The van der Waals surface area contributed by atoms with Gasteiger partial charge in [0.1, 0.15) is 4.90 Å². The minimum absolute atomic E-state index is 0.0258. The Morgan fingerprint density at radius 2 is 2.05 bits per heavy atom. The molecule has 0 atom stereocenters. The minimum atomic E-state index is -3.73. The van der Waals surface area contributed by atoms with Crippen LogP contribution in [0.3, 0.4) is 0 Å². The van der Waals surface area contributed by atoms with Gasteiger partial charge >= 0.3 is 5.97 Å². The van der Waals surface area contributed by atoms with E-state index in [-0.39, 0.29) is 28.6 Å². The number of hydrogen-bond donors (Lipinski definition) is 0. The van der Waals surface area contributed by atoms with Gasteiger partial charge < -0.3 is 4.74 Å². The molecule has 6 nitrogen and oxygen atoms in total. The third kappa shape index (κ3) is 2.20. The Morgan fingerprint density at radius 1 is 1.40 bits per heavy atom. The molecule has 0 fully saturated rings. The van der Waals surface area contributed by atoms with E-state index in [1.165, 1.54) is 13.1 Å². The van der Waals surface area contributed by atoms with Crippen molar-refractivity contribution >= 4 is 27.5 Å². The van der Waals surface area contributed by atoms with Crippen molar-refractivity contribution in [3.8, 4) is 0 Å². The molecule has 0 saturated heterocycles. The van der Waals surface area contributed by atoms with E-state index in [4.69, 9.17) is 4.74 Å². The quantitative estimate of drug-likeness (QED) is 0.625. The van der Waals surface area contributed by atoms with Gasteiger partial charge in [-0.05, 0) is 19.1 Å². The molecule has 20 heavy (non-hydrogen) atoms. The predicted molar refractivity (Wildman–Crippen MR) is 74.3 cm³/mol. The fourth-order valence-corrected chi connectivity index (χ4v) is 3.08. The molecule has 1 aromatic rings. The molecule has 106 valence electrons. The molecule has 1 aliphatic heterocycles. The van der Waals surface area contributed by atoms with E-state index in [0.29, 0.717) is 0 Å². The number of rotatable bonds is 3. The number of hydrogen-bond acceptors (Lipinski definition) is 5. The standard InChI is InChI=1S/C13H14N2O4S/c1-4-19-13(16)9(2)12-14-10-7-5-6-8-11(10)20(17,18)15(12)3/h5-8H,2,4H2,1,3H3. The first-order valence-corrected chi connectivity index (χ1v) is 7.36. The van der Waals surface area contributed by atoms with Gasteiger partial charge in [-0.2, -0.15) is 0 Å². The van der Waals surface area contributed by atoms with Crippen molar-refractivity contribution in [1.82, 2.24) is 4.31 Å². The van der Waals surface area contributed by atoms with Gasteiger partial charge in [-0.3, -0.25) is 4.31 Å². The van der Waals surface area contributed by atoms with Gasteiger partial charge in [0.25, 0.3) is 10.0 Å². The number of ether oxygens (including phenoxy) is 1. The summed E-state index contributed by atoms with van der Waals surface area (Å²) < 4.78 is 30.5. The van der Waals surface area contributed by atoms with Crippen LogP contribution in [0.5, 0.6) is 0 Å². The summed E-state index contributed by atoms with van der Waals surface area (Å²) in [4.78, 5) is 16.0. The molecule has 2 rings (SSSR count). The number of sulfonamides is 1. The molecule has 0 saturated carbocycles. The molecular formula is C13H14N2O4S. The molecule has 1 heterocycles. The first kappa shape index (κ1) is 14.3. The number of aliphatic imine (C=N–C) groups is 1. The topological polar surface area (TPSA) is 76.0 Å². The molecule has 0 amide bonds. The second-order valence-electron chi connectivity index (χ2n) is 4.07. The Balaban J connectivity index is 2.54. The Hall–Kier alpha value is -2.15. The largest absolute Gasteiger partial charge is 0.462 e. The molecule has 0 spiro atoms. The van der Waals surface area contributed by atoms with Crippen LogP contribution in [0, 0.1) is 0 Å². The molecule has 1 aromatic carbocycles. The number of esters is 1. The second kappa shape index (κ2) is 5.09. The molecule has 7 heteroatoms. The first-order chi connectivity index (χ1) is 9.39. The normalized spacial score (nSPS) is 16.1. The zero-order chi connectivity index (χ0) is 14.9. The van der Waals surface area contributed by atoms with Crippen molar-refractivity contribution in [2.45, 2.75) is 11.8 Å². The van der Waals surface area contributed by atoms with Crippen molar-refractivity contribution in [2.75, 3.05) is 13.7 Å². The van der Waals surface area contributed by atoms with E-state index in [1.54, 1.807) is 25.1 Å². The molecule has 0 aromatic heterocycles. The van der Waals surface area contributed by atoms with E-state index in [2.05, 4.69) is 11.6 Å². The number of benzene rings is 1. The van der Waals surface area contributed by atoms with Crippen LogP contribution in [0.2, 0.25) is 0 Å². The van der Waals surface area contributed by atoms with Crippen LogP contribution in [0.1, 0.15) is 6.92 Å². The highest BCUT2D eigenvalue weighted by atomic mass is 32.2. The lowest BCUT2D eigenvalue weighted by Gasteiger charge is -2.26. The van der Waals surface area contributed by atoms with Gasteiger partial charge in [0.05, 0.1) is 17.9 Å². The number of nitrogens with zero attached hydrogens (tertiary/aromatic N) is 2. The number of para-hydroxylation sites is 1. The molecule has 0 aliphatic carbocycles. The number of fused-ring (bicyclic) bond motifs is 1. The summed E-state index contributed by atoms with van der Waals surface area (Å²) in [6.07, 6.45) is 0. The fraction of sp³-hybridized carbons (Fsp3) is 0.231. The van der Waals surface area contributed by atoms with Gasteiger partial charge in [-0.1, -0.05) is 18.7 Å². The summed E-state index contributed by atoms with van der Waals surface area (Å²) in [7, 11) is -2.40. The summed E-state index contributed by atoms with van der Waals surface area (Å²) >= 11 is 0. The van der Waals surface area contributed by atoms with Crippen LogP contribution in [0.15, 0.2) is 46.3 Å². The highest BCUT2D eigenvalue weighted by Crippen LogP contribution is 2.32. The zero-order valence-corrected chi connectivity index (χ0v) is 12.0. The molecular weight excluding hydrogens is 280 g/mol. The minimum Gasteiger partial charge on any atom is -0.462 e. The third-order valence-corrected chi connectivity index (χ3v) is 4.62. The maximum absolute atomic E-state index is 12.4. The summed E-state index contributed by atoms with van der Waals surface area (Å²) in [6, 6.07) is 6.33. The van der Waals surface area contributed by atoms with Gasteiger partial charge in [-0.25, -0.2) is 18.2 Å². The molecule has 0 N–H and O–H groups in total. The second-order valence-corrected chi connectivity index (χ2v) is 6.01. The van der Waals surface area contributed by atoms with Crippen LogP contribution in [-0.4, -0.2) is 38.2 Å². The van der Waals surface area contributed by atoms with Gasteiger partial charge in [-0.15, -0.1) is 0 Å². The SMILES string of the molecule is C=C(C(=O)OCC)C1=Nc2ccccc2S(=O)(=O)N1C. The lowest BCUT2D eigenvalue weighted by Crippen LogP contribution is -2.38. The van der Waals surface area contributed by atoms with Crippen LogP contribution in [0.25, 0.3) is 0 Å². The summed E-state index contributed by atoms with van der Waals surface area (Å²) in [6.45, 7) is 5.41. The number of carbonyl (C=O) groups is 1. The van der Waals surface area contributed by atoms with Crippen LogP contribution < -0.4 is 0 Å². The Bertz CT molecular complexity index is 707. The van der Waals surface area contributed by atoms with E-state index in [1.807, 2.05) is 0 Å². The van der Waals surface area contributed by atoms with Gasteiger partial charge in [0.15, 0.2) is 5.84 Å². The van der Waals surface area contributed by atoms with Crippen LogP contribution in [-0.2, 0) is 19.6 Å². The average Bonchev–Trinajstić information content (AvgIpc) is 2.42. The molecule has 0 bridgehead atoms. The number of likely N-dealkylation sites (N-methyl/N-ethyl adjacent to an activating group) is 1. The van der Waals surface area contributed by atoms with Crippen molar-refractivity contribution < 1.29 is 17.9 Å². The lowest BCUT2D eigenvalue weighted by atomic mass is 10.2. The lowest BCUT2D eigenvalue weighted by molar-refractivity contribution is -0.137. The van der Waals surface area contributed by atoms with Crippen molar-refractivity contribution in [3.05, 3.63) is 36.4 Å². The van der Waals surface area contributed by atoms with E-state index >= 15 is 0 Å². The predicted octanol–water partition coefficient (Wildman–Crippen LogP) is 1.47. The highest BCUT2D eigenvalue weighted by Gasteiger charge is 2.34. The number of amidine groups is 1. The van der Waals surface area contributed by atoms with Crippen LogP contribution in [0.4, 0.5) is 5.69 Å². The van der Waals surface area contributed by atoms with Gasteiger partial charge in [0.2, 0.25) is 0 Å². The number of carbonyl (C=O) groups excluding carboxylic acids is 1. The molecule has 1 aliphatic rings. The first-order valence-electron chi connectivity index (χ1n) is 5.92. The monoisotopic (exact) mass is 294 g/mol.